The number of benzene rings is 2. The lowest BCUT2D eigenvalue weighted by molar-refractivity contribution is -0.111. The smallest absolute Gasteiger partial charge is 0.254 e. The normalized spacial score (nSPS) is 10.3. The van der Waals surface area contributed by atoms with Crippen LogP contribution < -0.4 is 21.3 Å². The first kappa shape index (κ1) is 23.7. The molecule has 0 unspecified atom stereocenters. The number of carbonyl (C=O) groups excluding carboxylic acids is 2. The molecule has 33 heavy (non-hydrogen) atoms. The van der Waals surface area contributed by atoms with Crippen LogP contribution in [0, 0.1) is 19.7 Å². The Kier molecular flexibility index (Phi) is 7.24. The molecule has 0 fully saturated rings. The van der Waals surface area contributed by atoms with Crippen molar-refractivity contribution in [3.8, 4) is 0 Å². The van der Waals surface area contributed by atoms with Crippen LogP contribution in [0.1, 0.15) is 21.5 Å². The average Bonchev–Trinajstić information content (AvgIpc) is 2.78. The zero-order valence-electron chi connectivity index (χ0n) is 18.2. The van der Waals surface area contributed by atoms with E-state index in [9.17, 15) is 14.0 Å². The Morgan fingerprint density at radius 2 is 1.85 bits per heavy atom. The van der Waals surface area contributed by atoms with Gasteiger partial charge in [0.25, 0.3) is 5.91 Å². The lowest BCUT2D eigenvalue weighted by Crippen LogP contribution is -2.19. The molecule has 0 spiro atoms. The van der Waals surface area contributed by atoms with E-state index in [2.05, 4.69) is 37.8 Å². The van der Waals surface area contributed by atoms with E-state index in [1.54, 1.807) is 19.1 Å². The number of carbonyl (C=O) groups is 2. The summed E-state index contributed by atoms with van der Waals surface area (Å²) in [5, 5.41) is 11.5. The van der Waals surface area contributed by atoms with Crippen molar-refractivity contribution < 1.29 is 14.0 Å². The third-order valence-corrected chi connectivity index (χ3v) is 4.92. The third kappa shape index (κ3) is 5.64. The molecule has 1 heterocycles. The fraction of sp³-hybridized carbons (Fsp3) is 0.130. The van der Waals surface area contributed by atoms with Gasteiger partial charge in [-0.2, -0.15) is 4.98 Å². The molecule has 0 aliphatic heterocycles. The van der Waals surface area contributed by atoms with Gasteiger partial charge in [-0.15, -0.1) is 0 Å². The second kappa shape index (κ2) is 10.1. The zero-order valence-corrected chi connectivity index (χ0v) is 19.0. The number of halogens is 2. The molecule has 4 N–H and O–H groups in total. The monoisotopic (exact) mass is 468 g/mol. The summed E-state index contributed by atoms with van der Waals surface area (Å²) >= 11 is 6.28. The minimum absolute atomic E-state index is 0.111. The standard InChI is InChI=1S/C23H22ClFN6O2/c1-5-20(32)28-19-8-12(2)6-7-17(19)29-21-15(24)11-27-23(31-21)30-18-10-14(22(33)26-4)16(25)9-13(18)3/h5-11H,1H2,2-4H3,(H,26,33)(H,28,32)(H2,27,29,30,31). The highest BCUT2D eigenvalue weighted by Gasteiger charge is 2.15. The fourth-order valence-electron chi connectivity index (χ4n) is 2.93. The van der Waals surface area contributed by atoms with Crippen molar-refractivity contribution >= 4 is 52.2 Å². The minimum Gasteiger partial charge on any atom is -0.355 e. The molecule has 10 heteroatoms. The maximum Gasteiger partial charge on any atom is 0.254 e. The predicted molar refractivity (Wildman–Crippen MR) is 128 cm³/mol. The van der Waals surface area contributed by atoms with Crippen LogP contribution in [0.5, 0.6) is 0 Å². The average molecular weight is 469 g/mol. The first-order chi connectivity index (χ1) is 15.7. The molecule has 1 aromatic heterocycles. The molecule has 2 amide bonds. The topological polar surface area (TPSA) is 108 Å². The van der Waals surface area contributed by atoms with Crippen molar-refractivity contribution in [2.75, 3.05) is 23.0 Å². The Balaban J connectivity index is 1.93. The second-order valence-electron chi connectivity index (χ2n) is 7.11. The van der Waals surface area contributed by atoms with Gasteiger partial charge in [0.1, 0.15) is 10.8 Å². The van der Waals surface area contributed by atoms with Crippen molar-refractivity contribution in [1.29, 1.82) is 0 Å². The fourth-order valence-corrected chi connectivity index (χ4v) is 3.07. The van der Waals surface area contributed by atoms with Gasteiger partial charge in [-0.1, -0.05) is 24.2 Å². The molecular formula is C23H22ClFN6O2. The molecule has 0 bridgehead atoms. The molecule has 0 saturated carbocycles. The lowest BCUT2D eigenvalue weighted by Gasteiger charge is -2.15. The molecule has 3 rings (SSSR count). The summed E-state index contributed by atoms with van der Waals surface area (Å²) in [5.74, 6) is -1.10. The summed E-state index contributed by atoms with van der Waals surface area (Å²) in [4.78, 5) is 32.3. The van der Waals surface area contributed by atoms with Gasteiger partial charge in [-0.3, -0.25) is 9.59 Å². The van der Waals surface area contributed by atoms with E-state index in [0.717, 1.165) is 5.56 Å². The Labute approximate surface area is 195 Å². The first-order valence-electron chi connectivity index (χ1n) is 9.84. The Hall–Kier alpha value is -3.98. The number of nitrogens with zero attached hydrogens (tertiary/aromatic N) is 2. The van der Waals surface area contributed by atoms with Crippen LogP contribution in [0.25, 0.3) is 0 Å². The number of nitrogens with one attached hydrogen (secondary N) is 4. The van der Waals surface area contributed by atoms with Crippen LogP contribution in [0.4, 0.5) is 33.2 Å². The van der Waals surface area contributed by atoms with Crippen molar-refractivity contribution in [1.82, 2.24) is 15.3 Å². The van der Waals surface area contributed by atoms with E-state index in [1.165, 1.54) is 31.5 Å². The largest absolute Gasteiger partial charge is 0.355 e. The number of amides is 2. The third-order valence-electron chi connectivity index (χ3n) is 4.65. The van der Waals surface area contributed by atoms with Gasteiger partial charge < -0.3 is 21.3 Å². The van der Waals surface area contributed by atoms with Gasteiger partial charge >= 0.3 is 0 Å². The minimum atomic E-state index is -0.634. The van der Waals surface area contributed by atoms with Crippen molar-refractivity contribution in [2.45, 2.75) is 13.8 Å². The van der Waals surface area contributed by atoms with E-state index in [-0.39, 0.29) is 28.3 Å². The first-order valence-corrected chi connectivity index (χ1v) is 10.2. The summed E-state index contributed by atoms with van der Waals surface area (Å²) in [6.45, 7) is 7.05. The highest BCUT2D eigenvalue weighted by Crippen LogP contribution is 2.31. The van der Waals surface area contributed by atoms with Gasteiger partial charge in [0.05, 0.1) is 23.1 Å². The number of anilines is 5. The number of aromatic nitrogens is 2. The summed E-state index contributed by atoms with van der Waals surface area (Å²) in [5.41, 5.74) is 2.92. The summed E-state index contributed by atoms with van der Waals surface area (Å²) in [6.07, 6.45) is 2.57. The number of hydrogen-bond donors (Lipinski definition) is 4. The molecule has 3 aromatic rings. The van der Waals surface area contributed by atoms with Crippen LogP contribution in [-0.4, -0.2) is 28.8 Å². The molecule has 2 aromatic carbocycles. The van der Waals surface area contributed by atoms with Crippen molar-refractivity contribution in [3.05, 3.63) is 76.7 Å². The van der Waals surface area contributed by atoms with Crippen LogP contribution in [0.15, 0.2) is 49.2 Å². The number of rotatable bonds is 7. The van der Waals surface area contributed by atoms with Gasteiger partial charge in [-0.05, 0) is 55.3 Å². The van der Waals surface area contributed by atoms with Crippen LogP contribution in [0.2, 0.25) is 5.02 Å². The van der Waals surface area contributed by atoms with Crippen LogP contribution in [-0.2, 0) is 4.79 Å². The quantitative estimate of drug-likeness (QED) is 0.369. The predicted octanol–water partition coefficient (Wildman–Crippen LogP) is 4.86. The van der Waals surface area contributed by atoms with E-state index in [0.29, 0.717) is 22.6 Å². The summed E-state index contributed by atoms with van der Waals surface area (Å²) < 4.78 is 14.2. The Morgan fingerprint density at radius 3 is 2.55 bits per heavy atom. The molecule has 0 radical (unpaired) electrons. The number of hydrogen-bond acceptors (Lipinski definition) is 6. The Bertz CT molecular complexity index is 1250. The van der Waals surface area contributed by atoms with Gasteiger partial charge in [0.15, 0.2) is 5.82 Å². The number of aryl methyl sites for hydroxylation is 2. The molecule has 0 aliphatic carbocycles. The molecular weight excluding hydrogens is 447 g/mol. The summed E-state index contributed by atoms with van der Waals surface area (Å²) in [7, 11) is 1.42. The van der Waals surface area contributed by atoms with E-state index >= 15 is 0 Å². The maximum absolute atomic E-state index is 14.2. The van der Waals surface area contributed by atoms with Gasteiger partial charge in [0, 0.05) is 12.7 Å². The van der Waals surface area contributed by atoms with E-state index in [4.69, 9.17) is 11.6 Å². The van der Waals surface area contributed by atoms with E-state index < -0.39 is 11.7 Å². The Morgan fingerprint density at radius 1 is 1.09 bits per heavy atom. The highest BCUT2D eigenvalue weighted by molar-refractivity contribution is 6.33. The van der Waals surface area contributed by atoms with Crippen molar-refractivity contribution in [2.24, 2.45) is 0 Å². The van der Waals surface area contributed by atoms with Gasteiger partial charge in [0.2, 0.25) is 11.9 Å². The lowest BCUT2D eigenvalue weighted by atomic mass is 10.1. The second-order valence-corrected chi connectivity index (χ2v) is 7.52. The molecule has 8 nitrogen and oxygen atoms in total. The highest BCUT2D eigenvalue weighted by atomic mass is 35.5. The molecule has 170 valence electrons. The summed E-state index contributed by atoms with van der Waals surface area (Å²) in [6, 6.07) is 8.07. The van der Waals surface area contributed by atoms with E-state index in [1.807, 2.05) is 13.0 Å². The maximum atomic E-state index is 14.2. The molecule has 0 atom stereocenters. The van der Waals surface area contributed by atoms with Crippen LogP contribution >= 0.6 is 11.6 Å². The van der Waals surface area contributed by atoms with Crippen molar-refractivity contribution in [3.63, 3.8) is 0 Å². The van der Waals surface area contributed by atoms with Gasteiger partial charge in [-0.25, -0.2) is 9.37 Å². The van der Waals surface area contributed by atoms with Crippen LogP contribution in [0.3, 0.4) is 0 Å². The molecule has 0 saturated heterocycles. The molecule has 0 aliphatic rings. The SMILES string of the molecule is C=CC(=O)Nc1cc(C)ccc1Nc1nc(Nc2cc(C(=O)NC)c(F)cc2C)ncc1Cl. The zero-order chi connectivity index (χ0) is 24.1.